The van der Waals surface area contributed by atoms with Gasteiger partial charge in [0.2, 0.25) is 5.91 Å². The third-order valence-electron chi connectivity index (χ3n) is 5.09. The molecule has 0 radical (unpaired) electrons. The van der Waals surface area contributed by atoms with Crippen molar-refractivity contribution in [2.45, 2.75) is 39.3 Å². The number of nitrogens with zero attached hydrogens (tertiary/aromatic N) is 4. The van der Waals surface area contributed by atoms with Gasteiger partial charge in [-0.3, -0.25) is 14.3 Å². The van der Waals surface area contributed by atoms with Crippen LogP contribution in [0, 0.1) is 24.2 Å². The standard InChI is InChI=1S/C21H25N5O2/c1-15-10-24-25(12-15)13-17-3-5-19(6-4-17)21(28)23-11-18-9-16(2)26(14-18)20(27)7-8-22/h3-6,10,12,16,18H,7,9,11,13-14H2,1-2H3,(H,23,28). The zero-order chi connectivity index (χ0) is 20.1. The number of aromatic nitrogens is 2. The highest BCUT2D eigenvalue weighted by atomic mass is 16.2. The van der Waals surface area contributed by atoms with E-state index >= 15 is 0 Å². The summed E-state index contributed by atoms with van der Waals surface area (Å²) in [5, 5.41) is 15.9. The first-order valence-corrected chi connectivity index (χ1v) is 9.49. The molecule has 7 nitrogen and oxygen atoms in total. The first kappa shape index (κ1) is 19.6. The number of carbonyl (C=O) groups is 2. The molecule has 1 aliphatic rings. The molecule has 0 saturated carbocycles. The average Bonchev–Trinajstić information content (AvgIpc) is 3.25. The van der Waals surface area contributed by atoms with Crippen molar-refractivity contribution in [2.24, 2.45) is 5.92 Å². The van der Waals surface area contributed by atoms with Crippen molar-refractivity contribution in [2.75, 3.05) is 13.1 Å². The fraction of sp³-hybridized carbons (Fsp3) is 0.429. The minimum atomic E-state index is -0.133. The van der Waals surface area contributed by atoms with Crippen LogP contribution in [0.5, 0.6) is 0 Å². The van der Waals surface area contributed by atoms with Crippen LogP contribution in [0.4, 0.5) is 0 Å². The van der Waals surface area contributed by atoms with Crippen molar-refractivity contribution >= 4 is 11.8 Å². The summed E-state index contributed by atoms with van der Waals surface area (Å²) in [6.07, 6.45) is 4.54. The number of benzene rings is 1. The van der Waals surface area contributed by atoms with Gasteiger partial charge in [-0.15, -0.1) is 0 Å². The molecule has 146 valence electrons. The molecule has 1 N–H and O–H groups in total. The number of carbonyl (C=O) groups excluding carboxylic acids is 2. The number of hydrogen-bond donors (Lipinski definition) is 1. The zero-order valence-electron chi connectivity index (χ0n) is 16.3. The van der Waals surface area contributed by atoms with E-state index in [-0.39, 0.29) is 30.2 Å². The van der Waals surface area contributed by atoms with Crippen molar-refractivity contribution in [1.82, 2.24) is 20.0 Å². The van der Waals surface area contributed by atoms with Gasteiger partial charge in [0.15, 0.2) is 0 Å². The van der Waals surface area contributed by atoms with Gasteiger partial charge in [-0.25, -0.2) is 0 Å². The number of nitriles is 1. The van der Waals surface area contributed by atoms with Crippen molar-refractivity contribution < 1.29 is 9.59 Å². The van der Waals surface area contributed by atoms with Crippen LogP contribution in [0.3, 0.4) is 0 Å². The molecule has 2 aromatic rings. The normalized spacial score (nSPS) is 18.7. The van der Waals surface area contributed by atoms with E-state index in [0.717, 1.165) is 17.5 Å². The largest absolute Gasteiger partial charge is 0.352 e. The summed E-state index contributed by atoms with van der Waals surface area (Å²) in [5.74, 6) is -0.0355. The predicted octanol–water partition coefficient (Wildman–Crippen LogP) is 2.12. The van der Waals surface area contributed by atoms with Crippen LogP contribution >= 0.6 is 0 Å². The lowest BCUT2D eigenvalue weighted by Crippen LogP contribution is -2.35. The average molecular weight is 379 g/mol. The SMILES string of the molecule is Cc1cnn(Cc2ccc(C(=O)NCC3CC(C)N(C(=O)CC#N)C3)cc2)c1. The summed E-state index contributed by atoms with van der Waals surface area (Å²) in [4.78, 5) is 26.1. The lowest BCUT2D eigenvalue weighted by atomic mass is 10.1. The van der Waals surface area contributed by atoms with Gasteiger partial charge in [0.05, 0.1) is 18.8 Å². The van der Waals surface area contributed by atoms with Gasteiger partial charge in [-0.1, -0.05) is 12.1 Å². The molecule has 28 heavy (non-hydrogen) atoms. The molecule has 2 amide bonds. The Morgan fingerprint density at radius 2 is 2.07 bits per heavy atom. The number of hydrogen-bond acceptors (Lipinski definition) is 4. The molecular weight excluding hydrogens is 354 g/mol. The Hall–Kier alpha value is -3.14. The van der Waals surface area contributed by atoms with Crippen LogP contribution < -0.4 is 5.32 Å². The third-order valence-corrected chi connectivity index (χ3v) is 5.09. The quantitative estimate of drug-likeness (QED) is 0.832. The second-order valence-corrected chi connectivity index (χ2v) is 7.45. The molecule has 1 fully saturated rings. The fourth-order valence-corrected chi connectivity index (χ4v) is 3.65. The van der Waals surface area contributed by atoms with E-state index in [0.29, 0.717) is 25.2 Å². The summed E-state index contributed by atoms with van der Waals surface area (Å²) in [7, 11) is 0. The lowest BCUT2D eigenvalue weighted by Gasteiger charge is -2.20. The lowest BCUT2D eigenvalue weighted by molar-refractivity contribution is -0.130. The van der Waals surface area contributed by atoms with Gasteiger partial charge in [-0.2, -0.15) is 10.4 Å². The van der Waals surface area contributed by atoms with Gasteiger partial charge in [0.25, 0.3) is 5.91 Å². The predicted molar refractivity (Wildman–Crippen MR) is 104 cm³/mol. The number of aryl methyl sites for hydroxylation is 1. The molecule has 2 atom stereocenters. The maximum Gasteiger partial charge on any atom is 0.251 e. The highest BCUT2D eigenvalue weighted by Gasteiger charge is 2.32. The molecular formula is C21H25N5O2. The summed E-state index contributed by atoms with van der Waals surface area (Å²) >= 11 is 0. The summed E-state index contributed by atoms with van der Waals surface area (Å²) in [6, 6.07) is 9.52. The van der Waals surface area contributed by atoms with Gasteiger partial charge < -0.3 is 10.2 Å². The van der Waals surface area contributed by atoms with E-state index < -0.39 is 0 Å². The molecule has 0 aliphatic carbocycles. The maximum atomic E-state index is 12.4. The minimum Gasteiger partial charge on any atom is -0.352 e. The van der Waals surface area contributed by atoms with Gasteiger partial charge in [0.1, 0.15) is 6.42 Å². The summed E-state index contributed by atoms with van der Waals surface area (Å²) in [6.45, 7) is 5.76. The van der Waals surface area contributed by atoms with Gasteiger partial charge >= 0.3 is 0 Å². The fourth-order valence-electron chi connectivity index (χ4n) is 3.65. The second kappa shape index (κ2) is 8.70. The first-order chi connectivity index (χ1) is 13.5. The Kier molecular flexibility index (Phi) is 6.09. The molecule has 1 saturated heterocycles. The Morgan fingerprint density at radius 3 is 2.71 bits per heavy atom. The van der Waals surface area contributed by atoms with Crippen molar-refractivity contribution in [3.8, 4) is 6.07 Å². The minimum absolute atomic E-state index is 0.0894. The molecule has 1 aromatic carbocycles. The summed E-state index contributed by atoms with van der Waals surface area (Å²) < 4.78 is 1.87. The Morgan fingerprint density at radius 1 is 1.32 bits per heavy atom. The van der Waals surface area contributed by atoms with Crippen LogP contribution in [0.1, 0.15) is 41.3 Å². The van der Waals surface area contributed by atoms with Crippen LogP contribution in [0.2, 0.25) is 0 Å². The molecule has 1 aromatic heterocycles. The summed E-state index contributed by atoms with van der Waals surface area (Å²) in [5.41, 5.74) is 2.81. The topological polar surface area (TPSA) is 91.0 Å². The Balaban J connectivity index is 1.50. The van der Waals surface area contributed by atoms with Crippen LogP contribution in [0.15, 0.2) is 36.7 Å². The molecule has 2 unspecified atom stereocenters. The molecule has 0 spiro atoms. The number of likely N-dealkylation sites (tertiary alicyclic amines) is 1. The highest BCUT2D eigenvalue weighted by molar-refractivity contribution is 5.94. The first-order valence-electron chi connectivity index (χ1n) is 9.49. The van der Waals surface area contributed by atoms with Gasteiger partial charge in [-0.05, 0) is 49.4 Å². The van der Waals surface area contributed by atoms with E-state index in [4.69, 9.17) is 5.26 Å². The molecule has 0 bridgehead atoms. The van der Waals surface area contributed by atoms with Crippen molar-refractivity contribution in [3.63, 3.8) is 0 Å². The van der Waals surface area contributed by atoms with E-state index in [1.165, 1.54) is 0 Å². The monoisotopic (exact) mass is 379 g/mol. The molecule has 7 heteroatoms. The van der Waals surface area contributed by atoms with E-state index in [9.17, 15) is 9.59 Å². The number of amides is 2. The number of nitrogens with one attached hydrogen (secondary N) is 1. The van der Waals surface area contributed by atoms with Crippen LogP contribution in [-0.2, 0) is 11.3 Å². The molecule has 1 aliphatic heterocycles. The van der Waals surface area contributed by atoms with Crippen molar-refractivity contribution in [1.29, 1.82) is 5.26 Å². The molecule has 3 rings (SSSR count). The van der Waals surface area contributed by atoms with Crippen LogP contribution in [0.25, 0.3) is 0 Å². The van der Waals surface area contributed by atoms with E-state index in [1.54, 1.807) is 4.90 Å². The molecule has 2 heterocycles. The smallest absolute Gasteiger partial charge is 0.251 e. The van der Waals surface area contributed by atoms with Crippen LogP contribution in [-0.4, -0.2) is 45.6 Å². The highest BCUT2D eigenvalue weighted by Crippen LogP contribution is 2.23. The van der Waals surface area contributed by atoms with Crippen molar-refractivity contribution in [3.05, 3.63) is 53.3 Å². The van der Waals surface area contributed by atoms with E-state index in [2.05, 4.69) is 10.4 Å². The van der Waals surface area contributed by atoms with Gasteiger partial charge in [0, 0.05) is 30.9 Å². The Labute approximate surface area is 164 Å². The maximum absolute atomic E-state index is 12.4. The van der Waals surface area contributed by atoms with E-state index in [1.807, 2.05) is 61.3 Å². The third kappa shape index (κ3) is 4.77. The zero-order valence-corrected chi connectivity index (χ0v) is 16.3. The Bertz CT molecular complexity index is 881. The second-order valence-electron chi connectivity index (χ2n) is 7.45. The number of rotatable bonds is 6.